The first-order valence-corrected chi connectivity index (χ1v) is 8.03. The second kappa shape index (κ2) is 6.14. The Balaban J connectivity index is 1.62. The minimum Gasteiger partial charge on any atom is -0.347 e. The van der Waals surface area contributed by atoms with Crippen LogP contribution in [-0.4, -0.2) is 71.9 Å². The molecular formula is C16H23N5O2. The monoisotopic (exact) mass is 317 g/mol. The van der Waals surface area contributed by atoms with Crippen molar-refractivity contribution in [1.82, 2.24) is 19.8 Å². The van der Waals surface area contributed by atoms with Crippen molar-refractivity contribution < 1.29 is 9.59 Å². The summed E-state index contributed by atoms with van der Waals surface area (Å²) < 4.78 is 0. The lowest BCUT2D eigenvalue weighted by atomic mass is 9.77. The SMILES string of the molecule is CN(C)C(=O)CN1CCC2(CCN(c3ncccn3)CC2)C1=O. The summed E-state index contributed by atoms with van der Waals surface area (Å²) in [5, 5.41) is 0. The van der Waals surface area contributed by atoms with Crippen LogP contribution in [0.1, 0.15) is 19.3 Å². The second-order valence-electron chi connectivity index (χ2n) is 6.58. The minimum absolute atomic E-state index is 0.0227. The fourth-order valence-corrected chi connectivity index (χ4v) is 3.40. The van der Waals surface area contributed by atoms with Crippen LogP contribution in [0.2, 0.25) is 0 Å². The highest BCUT2D eigenvalue weighted by Gasteiger charge is 2.48. The van der Waals surface area contributed by atoms with E-state index in [0.717, 1.165) is 38.3 Å². The summed E-state index contributed by atoms with van der Waals surface area (Å²) in [7, 11) is 3.44. The molecule has 124 valence electrons. The third kappa shape index (κ3) is 3.00. The number of carbonyl (C=O) groups excluding carboxylic acids is 2. The molecule has 2 amide bonds. The van der Waals surface area contributed by atoms with Gasteiger partial charge in [0.05, 0.1) is 12.0 Å². The van der Waals surface area contributed by atoms with Crippen molar-refractivity contribution in [2.24, 2.45) is 5.41 Å². The molecule has 3 heterocycles. The molecule has 2 fully saturated rings. The maximum atomic E-state index is 12.8. The summed E-state index contributed by atoms with van der Waals surface area (Å²) >= 11 is 0. The number of amides is 2. The van der Waals surface area contributed by atoms with Crippen molar-refractivity contribution in [3.8, 4) is 0 Å². The second-order valence-corrected chi connectivity index (χ2v) is 6.58. The Hall–Kier alpha value is -2.18. The first-order chi connectivity index (χ1) is 11.0. The lowest BCUT2D eigenvalue weighted by Crippen LogP contribution is -2.46. The standard InChI is InChI=1S/C16H23N5O2/c1-19(2)13(22)12-21-11-6-16(14(21)23)4-9-20(10-5-16)15-17-7-3-8-18-15/h3,7-8H,4-6,9-12H2,1-2H3. The summed E-state index contributed by atoms with van der Waals surface area (Å²) in [6.45, 7) is 2.44. The van der Waals surface area contributed by atoms with E-state index in [2.05, 4.69) is 14.9 Å². The summed E-state index contributed by atoms with van der Waals surface area (Å²) in [5.41, 5.74) is -0.294. The zero-order valence-electron chi connectivity index (χ0n) is 13.7. The highest BCUT2D eigenvalue weighted by Crippen LogP contribution is 2.41. The molecule has 1 spiro atoms. The van der Waals surface area contributed by atoms with Crippen molar-refractivity contribution in [3.05, 3.63) is 18.5 Å². The normalized spacial score (nSPS) is 20.2. The summed E-state index contributed by atoms with van der Waals surface area (Å²) in [6.07, 6.45) is 5.92. The van der Waals surface area contributed by atoms with Crippen LogP contribution in [0.3, 0.4) is 0 Å². The van der Waals surface area contributed by atoms with E-state index in [1.54, 1.807) is 37.5 Å². The first kappa shape index (κ1) is 15.7. The number of hydrogen-bond donors (Lipinski definition) is 0. The molecule has 7 heteroatoms. The molecule has 0 saturated carbocycles. The maximum absolute atomic E-state index is 12.8. The fourth-order valence-electron chi connectivity index (χ4n) is 3.40. The first-order valence-electron chi connectivity index (χ1n) is 8.03. The van der Waals surface area contributed by atoms with E-state index in [-0.39, 0.29) is 23.8 Å². The molecule has 23 heavy (non-hydrogen) atoms. The molecule has 0 aliphatic carbocycles. The average Bonchev–Trinajstić information content (AvgIpc) is 2.86. The number of hydrogen-bond acceptors (Lipinski definition) is 5. The van der Waals surface area contributed by atoms with Crippen molar-refractivity contribution >= 4 is 17.8 Å². The molecule has 2 aliphatic heterocycles. The Morgan fingerprint density at radius 2 is 1.78 bits per heavy atom. The number of likely N-dealkylation sites (tertiary alicyclic amines) is 1. The van der Waals surface area contributed by atoms with Crippen LogP contribution in [-0.2, 0) is 9.59 Å². The maximum Gasteiger partial charge on any atom is 0.241 e. The lowest BCUT2D eigenvalue weighted by Gasteiger charge is -2.37. The number of carbonyl (C=O) groups is 2. The summed E-state index contributed by atoms with van der Waals surface area (Å²) in [5.74, 6) is 0.847. The summed E-state index contributed by atoms with van der Waals surface area (Å²) in [4.78, 5) is 38.6. The zero-order valence-corrected chi connectivity index (χ0v) is 13.7. The van der Waals surface area contributed by atoms with Crippen LogP contribution in [0.5, 0.6) is 0 Å². The predicted octanol–water partition coefficient (Wildman–Crippen LogP) is 0.384. The van der Waals surface area contributed by atoms with E-state index in [0.29, 0.717) is 6.54 Å². The number of anilines is 1. The van der Waals surface area contributed by atoms with Crippen LogP contribution < -0.4 is 4.90 Å². The molecule has 2 aliphatic rings. The summed E-state index contributed by atoms with van der Waals surface area (Å²) in [6, 6.07) is 1.80. The van der Waals surface area contributed by atoms with Crippen molar-refractivity contribution in [2.75, 3.05) is 45.2 Å². The quantitative estimate of drug-likeness (QED) is 0.806. The van der Waals surface area contributed by atoms with Gasteiger partial charge in [0.15, 0.2) is 0 Å². The van der Waals surface area contributed by atoms with E-state index >= 15 is 0 Å². The average molecular weight is 317 g/mol. The van der Waals surface area contributed by atoms with Crippen LogP contribution in [0.4, 0.5) is 5.95 Å². The smallest absolute Gasteiger partial charge is 0.241 e. The number of nitrogens with zero attached hydrogens (tertiary/aromatic N) is 5. The third-order valence-corrected chi connectivity index (χ3v) is 4.98. The minimum atomic E-state index is -0.294. The number of piperidine rings is 1. The highest BCUT2D eigenvalue weighted by molar-refractivity contribution is 5.89. The van der Waals surface area contributed by atoms with Gasteiger partial charge in [-0.25, -0.2) is 9.97 Å². The highest BCUT2D eigenvalue weighted by atomic mass is 16.2. The lowest BCUT2D eigenvalue weighted by molar-refractivity contribution is -0.142. The van der Waals surface area contributed by atoms with Gasteiger partial charge in [-0.15, -0.1) is 0 Å². The fraction of sp³-hybridized carbons (Fsp3) is 0.625. The van der Waals surface area contributed by atoms with E-state index in [4.69, 9.17) is 0 Å². The van der Waals surface area contributed by atoms with Gasteiger partial charge < -0.3 is 14.7 Å². The topological polar surface area (TPSA) is 69.6 Å². The van der Waals surface area contributed by atoms with E-state index in [9.17, 15) is 9.59 Å². The molecule has 1 aromatic rings. The molecule has 1 aromatic heterocycles. The third-order valence-electron chi connectivity index (χ3n) is 4.98. The largest absolute Gasteiger partial charge is 0.347 e. The number of aromatic nitrogens is 2. The van der Waals surface area contributed by atoms with Crippen molar-refractivity contribution in [2.45, 2.75) is 19.3 Å². The van der Waals surface area contributed by atoms with Crippen LogP contribution in [0.15, 0.2) is 18.5 Å². The Kier molecular flexibility index (Phi) is 4.19. The number of likely N-dealkylation sites (N-methyl/N-ethyl adjacent to an activating group) is 1. The van der Waals surface area contributed by atoms with Gasteiger partial charge in [-0.1, -0.05) is 0 Å². The Morgan fingerprint density at radius 3 is 2.39 bits per heavy atom. The Morgan fingerprint density at radius 1 is 1.17 bits per heavy atom. The molecule has 3 rings (SSSR count). The van der Waals surface area contributed by atoms with Gasteiger partial charge in [0.2, 0.25) is 17.8 Å². The molecule has 0 unspecified atom stereocenters. The Bertz CT molecular complexity index is 581. The molecule has 0 bridgehead atoms. The van der Waals surface area contributed by atoms with Crippen LogP contribution in [0, 0.1) is 5.41 Å². The van der Waals surface area contributed by atoms with Crippen molar-refractivity contribution in [3.63, 3.8) is 0 Å². The zero-order chi connectivity index (χ0) is 16.4. The van der Waals surface area contributed by atoms with E-state index < -0.39 is 0 Å². The van der Waals surface area contributed by atoms with Crippen LogP contribution >= 0.6 is 0 Å². The van der Waals surface area contributed by atoms with E-state index in [1.165, 1.54) is 4.90 Å². The van der Waals surface area contributed by atoms with Gasteiger partial charge in [0.1, 0.15) is 0 Å². The van der Waals surface area contributed by atoms with Gasteiger partial charge in [-0.3, -0.25) is 9.59 Å². The molecule has 0 atom stereocenters. The molecule has 7 nitrogen and oxygen atoms in total. The van der Waals surface area contributed by atoms with Gasteiger partial charge >= 0.3 is 0 Å². The van der Waals surface area contributed by atoms with E-state index in [1.807, 2.05) is 0 Å². The molecule has 0 N–H and O–H groups in total. The molecule has 2 saturated heterocycles. The van der Waals surface area contributed by atoms with Crippen molar-refractivity contribution in [1.29, 1.82) is 0 Å². The molecule has 0 radical (unpaired) electrons. The van der Waals surface area contributed by atoms with Gasteiger partial charge in [0, 0.05) is 46.1 Å². The van der Waals surface area contributed by atoms with Gasteiger partial charge in [0.25, 0.3) is 0 Å². The molecule has 0 aromatic carbocycles. The van der Waals surface area contributed by atoms with Gasteiger partial charge in [-0.2, -0.15) is 0 Å². The number of rotatable bonds is 3. The Labute approximate surface area is 136 Å². The van der Waals surface area contributed by atoms with Crippen LogP contribution in [0.25, 0.3) is 0 Å². The molecular weight excluding hydrogens is 294 g/mol. The predicted molar refractivity (Wildman–Crippen MR) is 85.8 cm³/mol. The van der Waals surface area contributed by atoms with Gasteiger partial charge in [-0.05, 0) is 25.3 Å².